The number of hydrogen-bond donors (Lipinski definition) is 2. The molecule has 0 spiro atoms. The van der Waals surface area contributed by atoms with Crippen LogP contribution in [0.5, 0.6) is 0 Å². The Balaban J connectivity index is 1.82. The molecule has 1 atom stereocenters. The molecule has 1 aliphatic rings. The molecule has 6 nitrogen and oxygen atoms in total. The van der Waals surface area contributed by atoms with Gasteiger partial charge in [-0.2, -0.15) is 0 Å². The molecule has 0 aromatic carbocycles. The minimum Gasteiger partial charge on any atom is -0.376 e. The van der Waals surface area contributed by atoms with Gasteiger partial charge in [0.25, 0.3) is 0 Å². The Morgan fingerprint density at radius 3 is 3.28 bits per heavy atom. The van der Waals surface area contributed by atoms with E-state index in [1.165, 1.54) is 0 Å². The van der Waals surface area contributed by atoms with Crippen LogP contribution in [-0.4, -0.2) is 40.7 Å². The third-order valence-electron chi connectivity index (χ3n) is 3.15. The molecule has 1 unspecified atom stereocenters. The van der Waals surface area contributed by atoms with Crippen molar-refractivity contribution in [2.75, 3.05) is 30.8 Å². The van der Waals surface area contributed by atoms with E-state index in [1.54, 1.807) is 6.20 Å². The SMILES string of the molecule is CNc1cn2ccnc2c(NCC2CCCO2)n1. The van der Waals surface area contributed by atoms with Crippen molar-refractivity contribution in [1.82, 2.24) is 14.4 Å². The zero-order chi connectivity index (χ0) is 12.4. The fourth-order valence-electron chi connectivity index (χ4n) is 2.19. The molecule has 1 saturated heterocycles. The van der Waals surface area contributed by atoms with Crippen molar-refractivity contribution < 1.29 is 4.74 Å². The number of fused-ring (bicyclic) bond motifs is 1. The van der Waals surface area contributed by atoms with Crippen LogP contribution in [0.4, 0.5) is 11.6 Å². The molecule has 0 bridgehead atoms. The van der Waals surface area contributed by atoms with Crippen LogP contribution >= 0.6 is 0 Å². The number of anilines is 2. The molecule has 0 amide bonds. The molecule has 2 aromatic rings. The van der Waals surface area contributed by atoms with Crippen molar-refractivity contribution in [3.8, 4) is 0 Å². The van der Waals surface area contributed by atoms with Gasteiger partial charge in [0.05, 0.1) is 12.3 Å². The molecule has 1 aliphatic heterocycles. The van der Waals surface area contributed by atoms with Gasteiger partial charge in [0, 0.05) is 32.6 Å². The summed E-state index contributed by atoms with van der Waals surface area (Å²) >= 11 is 0. The maximum Gasteiger partial charge on any atom is 0.180 e. The first-order valence-electron chi connectivity index (χ1n) is 6.24. The highest BCUT2D eigenvalue weighted by Gasteiger charge is 2.16. The van der Waals surface area contributed by atoms with Gasteiger partial charge < -0.3 is 19.8 Å². The summed E-state index contributed by atoms with van der Waals surface area (Å²) in [6.45, 7) is 1.65. The zero-order valence-electron chi connectivity index (χ0n) is 10.4. The first kappa shape index (κ1) is 11.3. The molecule has 6 heteroatoms. The number of hydrogen-bond acceptors (Lipinski definition) is 5. The summed E-state index contributed by atoms with van der Waals surface area (Å²) < 4.78 is 7.55. The average Bonchev–Trinajstić information content (AvgIpc) is 3.06. The van der Waals surface area contributed by atoms with Gasteiger partial charge >= 0.3 is 0 Å². The summed E-state index contributed by atoms with van der Waals surface area (Å²) in [6, 6.07) is 0. The topological polar surface area (TPSA) is 63.5 Å². The number of rotatable bonds is 4. The van der Waals surface area contributed by atoms with E-state index in [1.807, 2.05) is 23.8 Å². The summed E-state index contributed by atoms with van der Waals surface area (Å²) in [7, 11) is 1.86. The van der Waals surface area contributed by atoms with Crippen LogP contribution in [0.2, 0.25) is 0 Å². The second kappa shape index (κ2) is 4.81. The molecule has 2 aromatic heterocycles. The van der Waals surface area contributed by atoms with E-state index in [0.717, 1.165) is 43.3 Å². The second-order valence-corrected chi connectivity index (χ2v) is 4.40. The highest BCUT2D eigenvalue weighted by molar-refractivity contribution is 5.65. The summed E-state index contributed by atoms with van der Waals surface area (Å²) in [5, 5.41) is 6.38. The summed E-state index contributed by atoms with van der Waals surface area (Å²) in [5.41, 5.74) is 0.840. The monoisotopic (exact) mass is 247 g/mol. The summed E-state index contributed by atoms with van der Waals surface area (Å²) in [6.07, 6.45) is 8.15. The van der Waals surface area contributed by atoms with Gasteiger partial charge in [0.2, 0.25) is 0 Å². The van der Waals surface area contributed by atoms with Crippen LogP contribution in [0.15, 0.2) is 18.6 Å². The zero-order valence-corrected chi connectivity index (χ0v) is 10.4. The van der Waals surface area contributed by atoms with Crippen LogP contribution in [0.3, 0.4) is 0 Å². The Morgan fingerprint density at radius 1 is 1.56 bits per heavy atom. The number of nitrogens with one attached hydrogen (secondary N) is 2. The van der Waals surface area contributed by atoms with E-state index >= 15 is 0 Å². The van der Waals surface area contributed by atoms with Crippen LogP contribution in [0, 0.1) is 0 Å². The smallest absolute Gasteiger partial charge is 0.180 e. The maximum absolute atomic E-state index is 5.59. The Hall–Kier alpha value is -1.82. The van der Waals surface area contributed by atoms with Crippen molar-refractivity contribution in [1.29, 1.82) is 0 Å². The van der Waals surface area contributed by atoms with Crippen molar-refractivity contribution in [2.45, 2.75) is 18.9 Å². The lowest BCUT2D eigenvalue weighted by molar-refractivity contribution is 0.120. The van der Waals surface area contributed by atoms with Crippen molar-refractivity contribution in [2.24, 2.45) is 0 Å². The van der Waals surface area contributed by atoms with E-state index < -0.39 is 0 Å². The third kappa shape index (κ3) is 2.11. The Bertz CT molecular complexity index is 532. The van der Waals surface area contributed by atoms with Gasteiger partial charge in [-0.3, -0.25) is 0 Å². The number of ether oxygens (including phenoxy) is 1. The molecule has 0 aliphatic carbocycles. The van der Waals surface area contributed by atoms with Crippen LogP contribution in [-0.2, 0) is 4.74 Å². The second-order valence-electron chi connectivity index (χ2n) is 4.40. The number of imidazole rings is 1. The fourth-order valence-corrected chi connectivity index (χ4v) is 2.19. The molecular weight excluding hydrogens is 230 g/mol. The molecule has 0 saturated carbocycles. The maximum atomic E-state index is 5.59. The van der Waals surface area contributed by atoms with E-state index in [-0.39, 0.29) is 0 Å². The normalized spacial score (nSPS) is 19.3. The molecule has 1 fully saturated rings. The lowest BCUT2D eigenvalue weighted by atomic mass is 10.2. The quantitative estimate of drug-likeness (QED) is 0.854. The highest BCUT2D eigenvalue weighted by Crippen LogP contribution is 2.18. The van der Waals surface area contributed by atoms with Crippen molar-refractivity contribution >= 4 is 17.3 Å². The lowest BCUT2D eigenvalue weighted by Gasteiger charge is -2.12. The summed E-state index contributed by atoms with van der Waals surface area (Å²) in [4.78, 5) is 8.80. The third-order valence-corrected chi connectivity index (χ3v) is 3.15. The standard InChI is InChI=1S/C12H17N5O/c1-13-10-8-17-5-4-14-12(17)11(16-10)15-7-9-3-2-6-18-9/h4-5,8-9,13H,2-3,6-7H2,1H3,(H,15,16). The molecule has 0 radical (unpaired) electrons. The molecule has 2 N–H and O–H groups in total. The number of aromatic nitrogens is 3. The fraction of sp³-hybridized carbons (Fsp3) is 0.500. The van der Waals surface area contributed by atoms with E-state index in [0.29, 0.717) is 6.10 Å². The molecule has 3 rings (SSSR count). The van der Waals surface area contributed by atoms with E-state index in [9.17, 15) is 0 Å². The van der Waals surface area contributed by atoms with Gasteiger partial charge in [0.1, 0.15) is 5.82 Å². The average molecular weight is 247 g/mol. The van der Waals surface area contributed by atoms with Crippen molar-refractivity contribution in [3.05, 3.63) is 18.6 Å². The summed E-state index contributed by atoms with van der Waals surface area (Å²) in [5.74, 6) is 1.61. The van der Waals surface area contributed by atoms with Crippen molar-refractivity contribution in [3.63, 3.8) is 0 Å². The molecule has 3 heterocycles. The predicted molar refractivity (Wildman–Crippen MR) is 70.0 cm³/mol. The van der Waals surface area contributed by atoms with Gasteiger partial charge in [-0.05, 0) is 12.8 Å². The highest BCUT2D eigenvalue weighted by atomic mass is 16.5. The minimum atomic E-state index is 0.292. The Morgan fingerprint density at radius 2 is 2.50 bits per heavy atom. The molecule has 18 heavy (non-hydrogen) atoms. The molecular formula is C12H17N5O. The van der Waals surface area contributed by atoms with Crippen LogP contribution < -0.4 is 10.6 Å². The van der Waals surface area contributed by atoms with Gasteiger partial charge in [-0.1, -0.05) is 0 Å². The predicted octanol–water partition coefficient (Wildman–Crippen LogP) is 1.36. The first-order valence-corrected chi connectivity index (χ1v) is 6.24. The van der Waals surface area contributed by atoms with E-state index in [4.69, 9.17) is 4.74 Å². The van der Waals surface area contributed by atoms with Gasteiger partial charge in [0.15, 0.2) is 11.5 Å². The Kier molecular flexibility index (Phi) is 3.02. The number of nitrogens with zero attached hydrogens (tertiary/aromatic N) is 3. The lowest BCUT2D eigenvalue weighted by Crippen LogP contribution is -2.19. The minimum absolute atomic E-state index is 0.292. The van der Waals surface area contributed by atoms with Crippen LogP contribution in [0.1, 0.15) is 12.8 Å². The first-order chi connectivity index (χ1) is 8.86. The van der Waals surface area contributed by atoms with Gasteiger partial charge in [-0.15, -0.1) is 0 Å². The van der Waals surface area contributed by atoms with E-state index in [2.05, 4.69) is 20.6 Å². The van der Waals surface area contributed by atoms with Gasteiger partial charge in [-0.25, -0.2) is 9.97 Å². The largest absolute Gasteiger partial charge is 0.376 e. The van der Waals surface area contributed by atoms with Crippen LogP contribution in [0.25, 0.3) is 5.65 Å². The molecule has 96 valence electrons. The Labute approximate surface area is 105 Å².